The van der Waals surface area contributed by atoms with Crippen LogP contribution in [0.1, 0.15) is 0 Å². The molecule has 0 fully saturated rings. The molecule has 10 aromatic carbocycles. The molecule has 1 heterocycles. The molecule has 1 aromatic heterocycles. The Balaban J connectivity index is 1.02. The van der Waals surface area contributed by atoms with Crippen molar-refractivity contribution < 1.29 is 0 Å². The zero-order valence-corrected chi connectivity index (χ0v) is 31.8. The highest BCUT2D eigenvalue weighted by Crippen LogP contribution is 2.45. The highest BCUT2D eigenvalue weighted by molar-refractivity contribution is 6.22. The van der Waals surface area contributed by atoms with Gasteiger partial charge in [-0.05, 0) is 122 Å². The average molecular weight is 739 g/mol. The topological polar surface area (TPSA) is 8.17 Å². The maximum Gasteiger partial charge on any atom is 0.0541 e. The van der Waals surface area contributed by atoms with Crippen LogP contribution in [-0.2, 0) is 0 Å². The maximum atomic E-state index is 2.40. The smallest absolute Gasteiger partial charge is 0.0541 e. The van der Waals surface area contributed by atoms with Crippen molar-refractivity contribution in [2.45, 2.75) is 0 Å². The minimum atomic E-state index is 1.10. The molecule has 0 saturated carbocycles. The second kappa shape index (κ2) is 14.1. The van der Waals surface area contributed by atoms with E-state index in [2.05, 4.69) is 240 Å². The van der Waals surface area contributed by atoms with E-state index in [9.17, 15) is 0 Å². The van der Waals surface area contributed by atoms with E-state index in [1.807, 2.05) is 0 Å². The predicted molar refractivity (Wildman–Crippen MR) is 247 cm³/mol. The Kier molecular flexibility index (Phi) is 8.19. The number of benzene rings is 10. The lowest BCUT2D eigenvalue weighted by atomic mass is 9.85. The number of aromatic nitrogens is 1. The molecule has 2 heteroatoms. The molecule has 272 valence electrons. The van der Waals surface area contributed by atoms with Crippen molar-refractivity contribution in [1.29, 1.82) is 0 Å². The van der Waals surface area contributed by atoms with Crippen LogP contribution in [-0.4, -0.2) is 4.57 Å². The summed E-state index contributed by atoms with van der Waals surface area (Å²) in [5.74, 6) is 0. The number of hydrogen-bond acceptors (Lipinski definition) is 1. The van der Waals surface area contributed by atoms with Gasteiger partial charge >= 0.3 is 0 Å². The Morgan fingerprint density at radius 2 is 0.655 bits per heavy atom. The first-order chi connectivity index (χ1) is 28.8. The summed E-state index contributed by atoms with van der Waals surface area (Å²) in [5.41, 5.74) is 14.2. The van der Waals surface area contributed by atoms with Gasteiger partial charge < -0.3 is 9.47 Å². The monoisotopic (exact) mass is 738 g/mol. The fourth-order valence-electron chi connectivity index (χ4n) is 8.97. The first-order valence-corrected chi connectivity index (χ1v) is 19.9. The summed E-state index contributed by atoms with van der Waals surface area (Å²) in [6, 6.07) is 83.5. The molecule has 0 N–H and O–H groups in total. The molecule has 0 bridgehead atoms. The summed E-state index contributed by atoms with van der Waals surface area (Å²) in [6.45, 7) is 0. The molecular weight excluding hydrogens is 701 g/mol. The quantitative estimate of drug-likeness (QED) is 0.148. The second-order valence-electron chi connectivity index (χ2n) is 14.9. The van der Waals surface area contributed by atoms with E-state index in [1.165, 1.54) is 76.7 Å². The molecule has 0 amide bonds. The van der Waals surface area contributed by atoms with Crippen molar-refractivity contribution in [2.24, 2.45) is 0 Å². The fourth-order valence-corrected chi connectivity index (χ4v) is 8.97. The van der Waals surface area contributed by atoms with Crippen molar-refractivity contribution in [3.63, 3.8) is 0 Å². The summed E-state index contributed by atoms with van der Waals surface area (Å²) in [6.07, 6.45) is 0. The molecular formula is C56H38N2. The molecule has 0 radical (unpaired) electrons. The molecule has 0 unspecified atom stereocenters. The zero-order chi connectivity index (χ0) is 38.4. The highest BCUT2D eigenvalue weighted by Gasteiger charge is 2.19. The summed E-state index contributed by atoms with van der Waals surface area (Å²) < 4.78 is 2.37. The standard InChI is InChI=1S/C56H38N2/c1-4-16-40(17-5-1)55-49-24-10-11-25-50(49)56(41-18-6-2-7-19-41)52-38-42(30-37-51(52)55)39-28-31-44(32-29-39)57(43-20-8-3-9-21-43)45-33-35-46(36-34-45)58-53-26-14-12-22-47(53)48-23-13-15-27-54(48)58/h1-38H. The van der Waals surface area contributed by atoms with Gasteiger partial charge in [0.05, 0.1) is 11.0 Å². The molecule has 58 heavy (non-hydrogen) atoms. The van der Waals surface area contributed by atoms with Gasteiger partial charge in [0.2, 0.25) is 0 Å². The Morgan fingerprint density at radius 1 is 0.259 bits per heavy atom. The third-order valence-electron chi connectivity index (χ3n) is 11.6. The SMILES string of the molecule is c1ccc(-c2c3ccccc3c(-c3ccccc3)c3cc(-c4ccc(N(c5ccccc5)c5ccc(-n6c7ccccc7c7ccccc76)cc5)cc4)ccc23)cc1. The average Bonchev–Trinajstić information content (AvgIpc) is 3.64. The van der Waals surface area contributed by atoms with E-state index in [4.69, 9.17) is 0 Å². The van der Waals surface area contributed by atoms with Gasteiger partial charge in [-0.1, -0.05) is 164 Å². The van der Waals surface area contributed by atoms with Gasteiger partial charge in [0.25, 0.3) is 0 Å². The van der Waals surface area contributed by atoms with Crippen LogP contribution in [0.3, 0.4) is 0 Å². The molecule has 0 aliphatic carbocycles. The van der Waals surface area contributed by atoms with Gasteiger partial charge in [-0.15, -0.1) is 0 Å². The molecule has 2 nitrogen and oxygen atoms in total. The highest BCUT2D eigenvalue weighted by atomic mass is 15.1. The van der Waals surface area contributed by atoms with Crippen LogP contribution in [0.5, 0.6) is 0 Å². The molecule has 0 atom stereocenters. The number of para-hydroxylation sites is 3. The minimum absolute atomic E-state index is 1.10. The van der Waals surface area contributed by atoms with E-state index in [1.54, 1.807) is 0 Å². The molecule has 0 spiro atoms. The fraction of sp³-hybridized carbons (Fsp3) is 0. The second-order valence-corrected chi connectivity index (χ2v) is 14.9. The van der Waals surface area contributed by atoms with E-state index in [-0.39, 0.29) is 0 Å². The molecule has 0 saturated heterocycles. The van der Waals surface area contributed by atoms with Crippen molar-refractivity contribution in [3.8, 4) is 39.1 Å². The number of anilines is 3. The van der Waals surface area contributed by atoms with Crippen LogP contribution in [0.4, 0.5) is 17.1 Å². The van der Waals surface area contributed by atoms with Gasteiger partial charge in [0, 0.05) is 33.5 Å². The van der Waals surface area contributed by atoms with Crippen molar-refractivity contribution in [1.82, 2.24) is 4.57 Å². The van der Waals surface area contributed by atoms with Gasteiger partial charge in [0.1, 0.15) is 0 Å². The van der Waals surface area contributed by atoms with Gasteiger partial charge in [-0.3, -0.25) is 0 Å². The predicted octanol–water partition coefficient (Wildman–Crippen LogP) is 15.6. The van der Waals surface area contributed by atoms with Crippen molar-refractivity contribution in [2.75, 3.05) is 4.90 Å². The Bertz CT molecular complexity index is 3180. The molecule has 11 aromatic rings. The number of hydrogen-bond donors (Lipinski definition) is 0. The maximum absolute atomic E-state index is 2.40. The Hall–Kier alpha value is -7.68. The number of rotatable bonds is 7. The Labute approximate surface area is 338 Å². The first kappa shape index (κ1) is 33.6. The van der Waals surface area contributed by atoms with Crippen LogP contribution in [0, 0.1) is 0 Å². The number of fused-ring (bicyclic) bond motifs is 5. The summed E-state index contributed by atoms with van der Waals surface area (Å²) in [7, 11) is 0. The Morgan fingerprint density at radius 3 is 1.21 bits per heavy atom. The summed E-state index contributed by atoms with van der Waals surface area (Å²) >= 11 is 0. The van der Waals surface area contributed by atoms with Crippen molar-refractivity contribution >= 4 is 60.4 Å². The van der Waals surface area contributed by atoms with Crippen molar-refractivity contribution in [3.05, 3.63) is 231 Å². The molecule has 11 rings (SSSR count). The van der Waals surface area contributed by atoms with E-state index >= 15 is 0 Å². The first-order valence-electron chi connectivity index (χ1n) is 19.9. The largest absolute Gasteiger partial charge is 0.311 e. The molecule has 0 aliphatic rings. The van der Waals surface area contributed by atoms with Gasteiger partial charge in [-0.2, -0.15) is 0 Å². The zero-order valence-electron chi connectivity index (χ0n) is 31.8. The van der Waals surface area contributed by atoms with Gasteiger partial charge in [-0.25, -0.2) is 0 Å². The van der Waals surface area contributed by atoms with E-state index < -0.39 is 0 Å². The van der Waals surface area contributed by atoms with Crippen LogP contribution < -0.4 is 4.90 Å². The summed E-state index contributed by atoms with van der Waals surface area (Å²) in [5, 5.41) is 7.56. The summed E-state index contributed by atoms with van der Waals surface area (Å²) in [4.78, 5) is 2.34. The van der Waals surface area contributed by atoms with Crippen LogP contribution >= 0.6 is 0 Å². The van der Waals surface area contributed by atoms with E-state index in [0.717, 1.165) is 22.7 Å². The minimum Gasteiger partial charge on any atom is -0.311 e. The lowest BCUT2D eigenvalue weighted by Gasteiger charge is -2.26. The van der Waals surface area contributed by atoms with E-state index in [0.29, 0.717) is 0 Å². The normalized spacial score (nSPS) is 11.4. The number of nitrogens with zero attached hydrogens (tertiary/aromatic N) is 2. The van der Waals surface area contributed by atoms with Crippen LogP contribution in [0.25, 0.3) is 82.4 Å². The van der Waals surface area contributed by atoms with Gasteiger partial charge in [0.15, 0.2) is 0 Å². The third-order valence-corrected chi connectivity index (χ3v) is 11.6. The lowest BCUT2D eigenvalue weighted by molar-refractivity contribution is 1.17. The van der Waals surface area contributed by atoms with Crippen LogP contribution in [0.15, 0.2) is 231 Å². The lowest BCUT2D eigenvalue weighted by Crippen LogP contribution is -2.10. The molecule has 0 aliphatic heterocycles. The van der Waals surface area contributed by atoms with Crippen LogP contribution in [0.2, 0.25) is 0 Å². The third kappa shape index (κ3) is 5.66.